The van der Waals surface area contributed by atoms with Gasteiger partial charge in [-0.3, -0.25) is 4.79 Å². The van der Waals surface area contributed by atoms with Gasteiger partial charge in [-0.05, 0) is 18.9 Å². The number of aliphatic carboxylic acids is 1. The van der Waals surface area contributed by atoms with Gasteiger partial charge >= 0.3 is 5.97 Å². The third-order valence-corrected chi connectivity index (χ3v) is 1.46. The fourth-order valence-corrected chi connectivity index (χ4v) is 0.800. The summed E-state index contributed by atoms with van der Waals surface area (Å²) in [6.07, 6.45) is 3.94. The van der Waals surface area contributed by atoms with Crippen LogP contribution in [0.5, 0.6) is 0 Å². The smallest absolute Gasteiger partial charge is 0.303 e. The van der Waals surface area contributed by atoms with Gasteiger partial charge in [-0.1, -0.05) is 0 Å². The van der Waals surface area contributed by atoms with Gasteiger partial charge in [0.25, 0.3) is 0 Å². The molecule has 1 rings (SSSR count). The summed E-state index contributed by atoms with van der Waals surface area (Å²) in [5.41, 5.74) is 0.864. The van der Waals surface area contributed by atoms with Crippen LogP contribution in [0.3, 0.4) is 0 Å². The minimum Gasteiger partial charge on any atom is -0.481 e. The van der Waals surface area contributed by atoms with Crippen molar-refractivity contribution in [3.8, 4) is 0 Å². The zero-order valence-corrected chi connectivity index (χ0v) is 6.82. The molecule has 0 aliphatic rings. The summed E-state index contributed by atoms with van der Waals surface area (Å²) in [6.45, 7) is 1.79. The number of carboxylic acid groups (broad SMARTS) is 1. The van der Waals surface area contributed by atoms with E-state index in [1.807, 2.05) is 0 Å². The lowest BCUT2D eigenvalue weighted by Crippen LogP contribution is -1.98. The minimum atomic E-state index is -0.796. The number of nitrogens with zero attached hydrogens (tertiary/aromatic N) is 2. The van der Waals surface area contributed by atoms with Crippen molar-refractivity contribution in [1.29, 1.82) is 0 Å². The van der Waals surface area contributed by atoms with Gasteiger partial charge in [-0.2, -0.15) is 0 Å². The average molecular weight is 166 g/mol. The van der Waals surface area contributed by atoms with Gasteiger partial charge in [0.05, 0.1) is 0 Å². The number of aryl methyl sites for hydroxylation is 2. The molecular formula is C8H10N2O2. The highest BCUT2D eigenvalue weighted by atomic mass is 16.4. The summed E-state index contributed by atoms with van der Waals surface area (Å²) in [5, 5.41) is 8.39. The number of rotatable bonds is 3. The predicted octanol–water partition coefficient (Wildman–Crippen LogP) is 0.802. The van der Waals surface area contributed by atoms with Crippen LogP contribution in [0, 0.1) is 6.92 Å². The molecule has 1 heterocycles. The van der Waals surface area contributed by atoms with E-state index < -0.39 is 5.97 Å². The Kier molecular flexibility index (Phi) is 2.74. The van der Waals surface area contributed by atoms with Crippen LogP contribution in [0.15, 0.2) is 12.4 Å². The second-order valence-electron chi connectivity index (χ2n) is 2.53. The Morgan fingerprint density at radius 1 is 1.50 bits per heavy atom. The Morgan fingerprint density at radius 2 is 2.08 bits per heavy atom. The SMILES string of the molecule is Cc1ncc(CCC(=O)O)cn1. The van der Waals surface area contributed by atoms with Crippen molar-refractivity contribution >= 4 is 5.97 Å². The van der Waals surface area contributed by atoms with Crippen LogP contribution in [0.2, 0.25) is 0 Å². The normalized spacial score (nSPS) is 9.75. The van der Waals surface area contributed by atoms with Gasteiger partial charge in [0.2, 0.25) is 0 Å². The van der Waals surface area contributed by atoms with E-state index in [9.17, 15) is 4.79 Å². The van der Waals surface area contributed by atoms with Gasteiger partial charge in [0, 0.05) is 18.8 Å². The summed E-state index contributed by atoms with van der Waals surface area (Å²) >= 11 is 0. The van der Waals surface area contributed by atoms with E-state index in [4.69, 9.17) is 5.11 Å². The van der Waals surface area contributed by atoms with Crippen LogP contribution < -0.4 is 0 Å². The van der Waals surface area contributed by atoms with Gasteiger partial charge in [0.15, 0.2) is 0 Å². The van der Waals surface area contributed by atoms with Gasteiger partial charge < -0.3 is 5.11 Å². The number of carboxylic acids is 1. The molecule has 0 unspecified atom stereocenters. The molecule has 0 aliphatic heterocycles. The minimum absolute atomic E-state index is 0.131. The number of hydrogen-bond acceptors (Lipinski definition) is 3. The highest BCUT2D eigenvalue weighted by Crippen LogP contribution is 1.99. The Balaban J connectivity index is 2.53. The molecule has 0 fully saturated rings. The molecule has 0 aromatic carbocycles. The maximum Gasteiger partial charge on any atom is 0.303 e. The summed E-state index contributed by atoms with van der Waals surface area (Å²) in [5.74, 6) is -0.0929. The molecule has 1 N–H and O–H groups in total. The molecule has 1 aromatic rings. The van der Waals surface area contributed by atoms with Crippen LogP contribution in [0.25, 0.3) is 0 Å². The third-order valence-electron chi connectivity index (χ3n) is 1.46. The average Bonchev–Trinajstić information content (AvgIpc) is 2.03. The molecule has 4 heteroatoms. The van der Waals surface area contributed by atoms with Gasteiger partial charge in [-0.25, -0.2) is 9.97 Å². The van der Waals surface area contributed by atoms with E-state index >= 15 is 0 Å². The van der Waals surface area contributed by atoms with Gasteiger partial charge in [0.1, 0.15) is 5.82 Å². The van der Waals surface area contributed by atoms with Crippen molar-refractivity contribution in [3.05, 3.63) is 23.8 Å². The van der Waals surface area contributed by atoms with E-state index in [0.29, 0.717) is 12.2 Å². The number of carbonyl (C=O) groups is 1. The quantitative estimate of drug-likeness (QED) is 0.721. The van der Waals surface area contributed by atoms with E-state index in [1.54, 1.807) is 19.3 Å². The predicted molar refractivity (Wildman–Crippen MR) is 42.7 cm³/mol. The molecule has 64 valence electrons. The van der Waals surface area contributed by atoms with Crippen LogP contribution in [0.1, 0.15) is 17.8 Å². The van der Waals surface area contributed by atoms with E-state index in [0.717, 1.165) is 5.56 Å². The molecule has 0 spiro atoms. The fourth-order valence-electron chi connectivity index (χ4n) is 0.800. The molecule has 12 heavy (non-hydrogen) atoms. The molecule has 0 aliphatic carbocycles. The topological polar surface area (TPSA) is 63.1 Å². The second kappa shape index (κ2) is 3.80. The molecule has 0 amide bonds. The lowest BCUT2D eigenvalue weighted by molar-refractivity contribution is -0.136. The molecule has 0 saturated carbocycles. The Labute approximate surface area is 70.3 Å². The summed E-state index contributed by atoms with van der Waals surface area (Å²) in [4.78, 5) is 18.1. The Hall–Kier alpha value is -1.45. The van der Waals surface area contributed by atoms with E-state index in [-0.39, 0.29) is 6.42 Å². The lowest BCUT2D eigenvalue weighted by Gasteiger charge is -1.96. The van der Waals surface area contributed by atoms with Crippen LogP contribution >= 0.6 is 0 Å². The maximum atomic E-state index is 10.2. The summed E-state index contributed by atoms with van der Waals surface area (Å²) in [7, 11) is 0. The zero-order valence-electron chi connectivity index (χ0n) is 6.82. The molecule has 0 saturated heterocycles. The standard InChI is InChI=1S/C8H10N2O2/c1-6-9-4-7(5-10-6)2-3-8(11)12/h4-5H,2-3H2,1H3,(H,11,12). The first-order valence-corrected chi connectivity index (χ1v) is 3.68. The number of hydrogen-bond donors (Lipinski definition) is 1. The molecule has 4 nitrogen and oxygen atoms in total. The van der Waals surface area contributed by atoms with Crippen molar-refractivity contribution in [3.63, 3.8) is 0 Å². The van der Waals surface area contributed by atoms with Crippen LogP contribution in [0.4, 0.5) is 0 Å². The van der Waals surface area contributed by atoms with Crippen LogP contribution in [-0.2, 0) is 11.2 Å². The van der Waals surface area contributed by atoms with Gasteiger partial charge in [-0.15, -0.1) is 0 Å². The second-order valence-corrected chi connectivity index (χ2v) is 2.53. The van der Waals surface area contributed by atoms with Crippen molar-refractivity contribution in [2.24, 2.45) is 0 Å². The Bertz CT molecular complexity index is 269. The van der Waals surface area contributed by atoms with Crippen LogP contribution in [-0.4, -0.2) is 21.0 Å². The summed E-state index contributed by atoms with van der Waals surface area (Å²) < 4.78 is 0. The third kappa shape index (κ3) is 2.65. The number of aromatic nitrogens is 2. The summed E-state index contributed by atoms with van der Waals surface area (Å²) in [6, 6.07) is 0. The molecule has 1 aromatic heterocycles. The highest BCUT2D eigenvalue weighted by Gasteiger charge is 1.98. The first-order valence-electron chi connectivity index (χ1n) is 3.68. The molecule has 0 radical (unpaired) electrons. The van der Waals surface area contributed by atoms with Crippen molar-refractivity contribution < 1.29 is 9.90 Å². The van der Waals surface area contributed by atoms with E-state index in [2.05, 4.69) is 9.97 Å². The van der Waals surface area contributed by atoms with Crippen molar-refractivity contribution in [2.75, 3.05) is 0 Å². The maximum absolute atomic E-state index is 10.2. The molecular weight excluding hydrogens is 156 g/mol. The monoisotopic (exact) mass is 166 g/mol. The highest BCUT2D eigenvalue weighted by molar-refractivity contribution is 5.67. The van der Waals surface area contributed by atoms with Crippen molar-refractivity contribution in [2.45, 2.75) is 19.8 Å². The van der Waals surface area contributed by atoms with Crippen molar-refractivity contribution in [1.82, 2.24) is 9.97 Å². The zero-order chi connectivity index (χ0) is 8.97. The largest absolute Gasteiger partial charge is 0.481 e. The van der Waals surface area contributed by atoms with E-state index in [1.165, 1.54) is 0 Å². The fraction of sp³-hybridized carbons (Fsp3) is 0.375. The molecule has 0 bridgehead atoms. The Morgan fingerprint density at radius 3 is 2.58 bits per heavy atom. The lowest BCUT2D eigenvalue weighted by atomic mass is 10.2. The first-order chi connectivity index (χ1) is 5.68. The first kappa shape index (κ1) is 8.64. The molecule has 0 atom stereocenters.